The molecule has 4 heteroatoms. The van der Waals surface area contributed by atoms with Crippen LogP contribution < -0.4 is 5.32 Å². The molecule has 3 nitrogen and oxygen atoms in total. The third-order valence-corrected chi connectivity index (χ3v) is 4.81. The second-order valence-corrected chi connectivity index (χ2v) is 5.63. The molecule has 2 rings (SSSR count). The predicted octanol–water partition coefficient (Wildman–Crippen LogP) is 2.56. The number of hydrogen-bond donors (Lipinski definition) is 1. The summed E-state index contributed by atoms with van der Waals surface area (Å²) in [4.78, 5) is 0. The van der Waals surface area contributed by atoms with Crippen molar-refractivity contribution < 1.29 is 0 Å². The van der Waals surface area contributed by atoms with Crippen LogP contribution in [0.2, 0.25) is 5.15 Å². The van der Waals surface area contributed by atoms with Gasteiger partial charge in [0.25, 0.3) is 0 Å². The van der Waals surface area contributed by atoms with E-state index >= 15 is 0 Å². The number of hydrogen-bond acceptors (Lipinski definition) is 2. The Morgan fingerprint density at radius 3 is 2.65 bits per heavy atom. The van der Waals surface area contributed by atoms with Crippen LogP contribution in [-0.4, -0.2) is 22.9 Å². The van der Waals surface area contributed by atoms with Crippen molar-refractivity contribution in [3.63, 3.8) is 0 Å². The van der Waals surface area contributed by atoms with Crippen molar-refractivity contribution in [3.05, 3.63) is 16.4 Å². The molecule has 1 N–H and O–H groups in total. The van der Waals surface area contributed by atoms with Crippen LogP contribution in [0.1, 0.15) is 31.0 Å². The molecule has 0 spiro atoms. The minimum absolute atomic E-state index is 0.663. The summed E-state index contributed by atoms with van der Waals surface area (Å²) >= 11 is 6.30. The topological polar surface area (TPSA) is 29.9 Å². The van der Waals surface area contributed by atoms with Gasteiger partial charge in [0.15, 0.2) is 0 Å². The second kappa shape index (κ2) is 4.99. The normalized spacial score (nSPS) is 28.9. The molecule has 3 atom stereocenters. The molecule has 0 saturated heterocycles. The number of rotatable bonds is 3. The van der Waals surface area contributed by atoms with E-state index in [0.29, 0.717) is 6.04 Å². The SMILES string of the molecule is CNC1CCC(Cc2c(C)nn(C)c2Cl)C1C. The third kappa shape index (κ3) is 2.36. The first-order chi connectivity index (χ1) is 8.04. The summed E-state index contributed by atoms with van der Waals surface area (Å²) < 4.78 is 1.78. The third-order valence-electron chi connectivity index (χ3n) is 4.33. The summed E-state index contributed by atoms with van der Waals surface area (Å²) in [6.07, 6.45) is 3.63. The van der Waals surface area contributed by atoms with Crippen molar-refractivity contribution >= 4 is 11.6 Å². The number of aryl methyl sites for hydroxylation is 2. The summed E-state index contributed by atoms with van der Waals surface area (Å²) in [6.45, 7) is 4.40. The van der Waals surface area contributed by atoms with Crippen LogP contribution in [0.25, 0.3) is 0 Å². The molecule has 96 valence electrons. The van der Waals surface area contributed by atoms with Gasteiger partial charge in [-0.15, -0.1) is 0 Å². The number of halogens is 1. The van der Waals surface area contributed by atoms with Crippen molar-refractivity contribution in [1.29, 1.82) is 0 Å². The number of aromatic nitrogens is 2. The Morgan fingerprint density at radius 1 is 1.47 bits per heavy atom. The first-order valence-electron chi connectivity index (χ1n) is 6.39. The van der Waals surface area contributed by atoms with Crippen LogP contribution >= 0.6 is 11.6 Å². The van der Waals surface area contributed by atoms with E-state index in [1.165, 1.54) is 18.4 Å². The Balaban J connectivity index is 2.11. The van der Waals surface area contributed by atoms with E-state index in [9.17, 15) is 0 Å². The highest BCUT2D eigenvalue weighted by molar-refractivity contribution is 6.30. The van der Waals surface area contributed by atoms with E-state index in [1.807, 2.05) is 7.05 Å². The van der Waals surface area contributed by atoms with Crippen molar-refractivity contribution in [2.75, 3.05) is 7.05 Å². The highest BCUT2D eigenvalue weighted by atomic mass is 35.5. The fourth-order valence-corrected chi connectivity index (χ4v) is 3.36. The van der Waals surface area contributed by atoms with Gasteiger partial charge >= 0.3 is 0 Å². The molecule has 0 aliphatic heterocycles. The Labute approximate surface area is 109 Å². The maximum atomic E-state index is 6.30. The molecule has 0 radical (unpaired) electrons. The Hall–Kier alpha value is -0.540. The molecule has 0 amide bonds. The lowest BCUT2D eigenvalue weighted by Gasteiger charge is -2.20. The number of nitrogens with one attached hydrogen (secondary N) is 1. The molecule has 1 aromatic rings. The summed E-state index contributed by atoms with van der Waals surface area (Å²) in [5.74, 6) is 1.45. The maximum absolute atomic E-state index is 6.30. The van der Waals surface area contributed by atoms with Gasteiger partial charge in [-0.2, -0.15) is 5.10 Å². The minimum atomic E-state index is 0.663. The standard InChI is InChI=1S/C13H22ClN3/c1-8-10(5-6-12(8)15-3)7-11-9(2)16-17(4)13(11)14/h8,10,12,15H,5-7H2,1-4H3. The largest absolute Gasteiger partial charge is 0.317 e. The van der Waals surface area contributed by atoms with E-state index < -0.39 is 0 Å². The van der Waals surface area contributed by atoms with E-state index in [-0.39, 0.29) is 0 Å². The molecule has 0 bridgehead atoms. The van der Waals surface area contributed by atoms with Crippen LogP contribution in [0.3, 0.4) is 0 Å². The van der Waals surface area contributed by atoms with Gasteiger partial charge in [-0.05, 0) is 45.1 Å². The Bertz CT molecular complexity index is 400. The van der Waals surface area contributed by atoms with Crippen LogP contribution in [0.15, 0.2) is 0 Å². The number of nitrogens with zero attached hydrogens (tertiary/aromatic N) is 2. The molecule has 1 fully saturated rings. The van der Waals surface area contributed by atoms with Gasteiger partial charge in [0, 0.05) is 18.7 Å². The predicted molar refractivity (Wildman–Crippen MR) is 71.4 cm³/mol. The van der Waals surface area contributed by atoms with Gasteiger partial charge in [-0.25, -0.2) is 0 Å². The highest BCUT2D eigenvalue weighted by Crippen LogP contribution is 2.36. The molecule has 17 heavy (non-hydrogen) atoms. The van der Waals surface area contributed by atoms with E-state index in [1.54, 1.807) is 4.68 Å². The van der Waals surface area contributed by atoms with Crippen LogP contribution in [0.4, 0.5) is 0 Å². The lowest BCUT2D eigenvalue weighted by atomic mass is 9.90. The van der Waals surface area contributed by atoms with Crippen molar-refractivity contribution in [2.45, 2.75) is 39.2 Å². The van der Waals surface area contributed by atoms with Gasteiger partial charge in [-0.3, -0.25) is 4.68 Å². The first kappa shape index (κ1) is 12.9. The van der Waals surface area contributed by atoms with E-state index in [2.05, 4.69) is 31.3 Å². The quantitative estimate of drug-likeness (QED) is 0.900. The summed E-state index contributed by atoms with van der Waals surface area (Å²) in [7, 11) is 3.97. The minimum Gasteiger partial charge on any atom is -0.317 e. The second-order valence-electron chi connectivity index (χ2n) is 5.27. The Kier molecular flexibility index (Phi) is 3.79. The summed E-state index contributed by atoms with van der Waals surface area (Å²) in [6, 6.07) is 0.663. The molecule has 3 unspecified atom stereocenters. The zero-order chi connectivity index (χ0) is 12.6. The highest BCUT2D eigenvalue weighted by Gasteiger charge is 2.32. The zero-order valence-corrected chi connectivity index (χ0v) is 11.9. The van der Waals surface area contributed by atoms with Gasteiger partial charge < -0.3 is 5.32 Å². The average Bonchev–Trinajstić information content (AvgIpc) is 2.75. The molecule has 1 aromatic heterocycles. The lowest BCUT2D eigenvalue weighted by molar-refractivity contribution is 0.363. The fourth-order valence-electron chi connectivity index (χ4n) is 3.11. The molecule has 1 saturated carbocycles. The van der Waals surface area contributed by atoms with Crippen LogP contribution in [0, 0.1) is 18.8 Å². The molecular weight excluding hydrogens is 234 g/mol. The van der Waals surface area contributed by atoms with Gasteiger partial charge in [0.2, 0.25) is 0 Å². The molecule has 1 aliphatic rings. The van der Waals surface area contributed by atoms with Gasteiger partial charge in [-0.1, -0.05) is 18.5 Å². The van der Waals surface area contributed by atoms with E-state index in [0.717, 1.165) is 29.1 Å². The molecular formula is C13H22ClN3. The summed E-state index contributed by atoms with van der Waals surface area (Å²) in [5.41, 5.74) is 2.32. The van der Waals surface area contributed by atoms with Crippen molar-refractivity contribution in [3.8, 4) is 0 Å². The lowest BCUT2D eigenvalue weighted by Crippen LogP contribution is -2.29. The smallest absolute Gasteiger partial charge is 0.130 e. The van der Waals surface area contributed by atoms with Crippen LogP contribution in [0.5, 0.6) is 0 Å². The fraction of sp³-hybridized carbons (Fsp3) is 0.769. The van der Waals surface area contributed by atoms with Crippen LogP contribution in [-0.2, 0) is 13.5 Å². The molecule has 0 aromatic carbocycles. The van der Waals surface area contributed by atoms with Gasteiger partial charge in [0.05, 0.1) is 5.69 Å². The van der Waals surface area contributed by atoms with Crippen molar-refractivity contribution in [1.82, 2.24) is 15.1 Å². The van der Waals surface area contributed by atoms with Gasteiger partial charge in [0.1, 0.15) is 5.15 Å². The maximum Gasteiger partial charge on any atom is 0.130 e. The Morgan fingerprint density at radius 2 is 2.18 bits per heavy atom. The monoisotopic (exact) mass is 255 g/mol. The van der Waals surface area contributed by atoms with Crippen molar-refractivity contribution in [2.24, 2.45) is 18.9 Å². The average molecular weight is 256 g/mol. The summed E-state index contributed by atoms with van der Waals surface area (Å²) in [5, 5.41) is 8.60. The first-order valence-corrected chi connectivity index (χ1v) is 6.77. The molecule has 1 heterocycles. The molecule has 1 aliphatic carbocycles. The van der Waals surface area contributed by atoms with E-state index in [4.69, 9.17) is 11.6 Å². The zero-order valence-electron chi connectivity index (χ0n) is 11.1.